The average molecular weight is 233 g/mol. The van der Waals surface area contributed by atoms with E-state index in [0.717, 1.165) is 38.2 Å². The summed E-state index contributed by atoms with van der Waals surface area (Å²) in [5, 5.41) is 3.38. The lowest BCUT2D eigenvalue weighted by molar-refractivity contribution is 0.373. The van der Waals surface area contributed by atoms with Gasteiger partial charge in [0.25, 0.3) is 0 Å². The predicted molar refractivity (Wildman–Crippen MR) is 70.0 cm³/mol. The van der Waals surface area contributed by atoms with Crippen LogP contribution in [0.5, 0.6) is 0 Å². The molecule has 1 aromatic heterocycles. The average Bonchev–Trinajstić information content (AvgIpc) is 2.26. The van der Waals surface area contributed by atoms with Crippen LogP contribution in [0.3, 0.4) is 0 Å². The molecule has 3 heteroatoms. The Labute approximate surface area is 104 Å². The predicted octanol–water partition coefficient (Wildman–Crippen LogP) is 2.41. The van der Waals surface area contributed by atoms with Crippen molar-refractivity contribution in [3.63, 3.8) is 0 Å². The van der Waals surface area contributed by atoms with Crippen molar-refractivity contribution < 1.29 is 0 Å². The van der Waals surface area contributed by atoms with E-state index in [0.29, 0.717) is 5.41 Å². The van der Waals surface area contributed by atoms with Crippen LogP contribution >= 0.6 is 0 Å². The van der Waals surface area contributed by atoms with Gasteiger partial charge in [-0.1, -0.05) is 20.8 Å². The standard InChI is InChI=1S/C14H23N3/c1-10-11-6-8-15-9-12(11)17-13(16-10)5-7-14(2,3)4/h15H,5-9H2,1-4H3. The van der Waals surface area contributed by atoms with E-state index in [1.807, 2.05) is 0 Å². The molecule has 0 aromatic carbocycles. The first-order valence-corrected chi connectivity index (χ1v) is 6.52. The highest BCUT2D eigenvalue weighted by atomic mass is 15.0. The van der Waals surface area contributed by atoms with Gasteiger partial charge in [-0.05, 0) is 37.3 Å². The molecule has 3 nitrogen and oxygen atoms in total. The number of hydrogen-bond donors (Lipinski definition) is 1. The van der Waals surface area contributed by atoms with Crippen LogP contribution < -0.4 is 5.32 Å². The summed E-state index contributed by atoms with van der Waals surface area (Å²) in [6.45, 7) is 10.9. The molecule has 94 valence electrons. The first kappa shape index (κ1) is 12.5. The number of aryl methyl sites for hydroxylation is 2. The Kier molecular flexibility index (Phi) is 3.48. The summed E-state index contributed by atoms with van der Waals surface area (Å²) in [7, 11) is 0. The van der Waals surface area contributed by atoms with E-state index >= 15 is 0 Å². The van der Waals surface area contributed by atoms with Crippen LogP contribution in [-0.4, -0.2) is 16.5 Å². The van der Waals surface area contributed by atoms with E-state index in [2.05, 4.69) is 38.0 Å². The Morgan fingerprint density at radius 1 is 1.24 bits per heavy atom. The number of fused-ring (bicyclic) bond motifs is 1. The zero-order chi connectivity index (χ0) is 12.5. The van der Waals surface area contributed by atoms with Gasteiger partial charge in [-0.15, -0.1) is 0 Å². The molecule has 1 aliphatic rings. The fourth-order valence-corrected chi connectivity index (χ4v) is 2.21. The van der Waals surface area contributed by atoms with Crippen molar-refractivity contribution >= 4 is 0 Å². The van der Waals surface area contributed by atoms with Crippen LogP contribution in [0.1, 0.15) is 50.0 Å². The third-order valence-electron chi connectivity index (χ3n) is 3.29. The number of aromatic nitrogens is 2. The molecule has 0 saturated heterocycles. The Bertz CT molecular complexity index is 405. The highest BCUT2D eigenvalue weighted by molar-refractivity contribution is 5.27. The second-order valence-corrected chi connectivity index (χ2v) is 6.14. The van der Waals surface area contributed by atoms with Crippen LogP contribution in [0.4, 0.5) is 0 Å². The minimum atomic E-state index is 0.353. The minimum Gasteiger partial charge on any atom is -0.311 e. The monoisotopic (exact) mass is 233 g/mol. The Balaban J connectivity index is 2.16. The van der Waals surface area contributed by atoms with Gasteiger partial charge in [0.1, 0.15) is 5.82 Å². The SMILES string of the molecule is Cc1nc(CCC(C)(C)C)nc2c1CCNC2. The number of rotatable bonds is 2. The molecule has 0 spiro atoms. The first-order valence-electron chi connectivity index (χ1n) is 6.52. The molecule has 0 radical (unpaired) electrons. The van der Waals surface area contributed by atoms with Crippen molar-refractivity contribution in [2.24, 2.45) is 5.41 Å². The fourth-order valence-electron chi connectivity index (χ4n) is 2.21. The van der Waals surface area contributed by atoms with Crippen molar-refractivity contribution in [2.45, 2.75) is 53.5 Å². The minimum absolute atomic E-state index is 0.353. The van der Waals surface area contributed by atoms with Crippen LogP contribution in [0.2, 0.25) is 0 Å². The summed E-state index contributed by atoms with van der Waals surface area (Å²) in [6, 6.07) is 0. The summed E-state index contributed by atoms with van der Waals surface area (Å²) in [6.07, 6.45) is 3.19. The van der Waals surface area contributed by atoms with E-state index in [1.165, 1.54) is 17.0 Å². The summed E-state index contributed by atoms with van der Waals surface area (Å²) in [4.78, 5) is 9.35. The summed E-state index contributed by atoms with van der Waals surface area (Å²) >= 11 is 0. The second-order valence-electron chi connectivity index (χ2n) is 6.14. The van der Waals surface area contributed by atoms with Gasteiger partial charge >= 0.3 is 0 Å². The van der Waals surface area contributed by atoms with Gasteiger partial charge in [0.15, 0.2) is 0 Å². The molecule has 0 unspecified atom stereocenters. The zero-order valence-corrected chi connectivity index (χ0v) is 11.4. The Morgan fingerprint density at radius 2 is 2.00 bits per heavy atom. The van der Waals surface area contributed by atoms with E-state index in [4.69, 9.17) is 4.98 Å². The van der Waals surface area contributed by atoms with Crippen molar-refractivity contribution in [3.05, 3.63) is 22.8 Å². The third kappa shape index (κ3) is 3.25. The molecule has 0 saturated carbocycles. The van der Waals surface area contributed by atoms with Gasteiger partial charge in [0, 0.05) is 18.7 Å². The summed E-state index contributed by atoms with van der Waals surface area (Å²) < 4.78 is 0. The Hall–Kier alpha value is -0.960. The molecule has 17 heavy (non-hydrogen) atoms. The molecular formula is C14H23N3. The smallest absolute Gasteiger partial charge is 0.128 e. The lowest BCUT2D eigenvalue weighted by Crippen LogP contribution is -2.26. The van der Waals surface area contributed by atoms with E-state index in [-0.39, 0.29) is 0 Å². The number of nitrogens with zero attached hydrogens (tertiary/aromatic N) is 2. The van der Waals surface area contributed by atoms with E-state index in [9.17, 15) is 0 Å². The topological polar surface area (TPSA) is 37.8 Å². The van der Waals surface area contributed by atoms with Crippen LogP contribution in [0.15, 0.2) is 0 Å². The molecule has 1 N–H and O–H groups in total. The molecule has 2 heterocycles. The summed E-state index contributed by atoms with van der Waals surface area (Å²) in [5.41, 5.74) is 4.11. The molecular weight excluding hydrogens is 210 g/mol. The maximum atomic E-state index is 4.70. The number of nitrogens with one attached hydrogen (secondary N) is 1. The van der Waals surface area contributed by atoms with Crippen LogP contribution in [0.25, 0.3) is 0 Å². The van der Waals surface area contributed by atoms with Crippen molar-refractivity contribution in [1.29, 1.82) is 0 Å². The van der Waals surface area contributed by atoms with Gasteiger partial charge in [-0.25, -0.2) is 9.97 Å². The molecule has 0 aliphatic carbocycles. The fraction of sp³-hybridized carbons (Fsp3) is 0.714. The highest BCUT2D eigenvalue weighted by Crippen LogP contribution is 2.21. The lowest BCUT2D eigenvalue weighted by atomic mass is 9.90. The van der Waals surface area contributed by atoms with Crippen molar-refractivity contribution in [1.82, 2.24) is 15.3 Å². The van der Waals surface area contributed by atoms with Crippen LogP contribution in [0, 0.1) is 12.3 Å². The number of hydrogen-bond acceptors (Lipinski definition) is 3. The van der Waals surface area contributed by atoms with Gasteiger partial charge < -0.3 is 5.32 Å². The molecule has 1 aliphatic heterocycles. The van der Waals surface area contributed by atoms with Crippen LogP contribution in [-0.2, 0) is 19.4 Å². The maximum absolute atomic E-state index is 4.70. The van der Waals surface area contributed by atoms with Gasteiger partial charge in [-0.2, -0.15) is 0 Å². The molecule has 0 fully saturated rings. The second kappa shape index (κ2) is 4.73. The lowest BCUT2D eigenvalue weighted by Gasteiger charge is -2.20. The van der Waals surface area contributed by atoms with E-state index in [1.54, 1.807) is 0 Å². The van der Waals surface area contributed by atoms with Gasteiger partial charge in [0.2, 0.25) is 0 Å². The van der Waals surface area contributed by atoms with Crippen molar-refractivity contribution in [3.8, 4) is 0 Å². The molecule has 1 aromatic rings. The molecule has 0 amide bonds. The van der Waals surface area contributed by atoms with E-state index < -0.39 is 0 Å². The first-order chi connectivity index (χ1) is 7.96. The highest BCUT2D eigenvalue weighted by Gasteiger charge is 2.16. The van der Waals surface area contributed by atoms with Gasteiger partial charge in [-0.3, -0.25) is 0 Å². The summed E-state index contributed by atoms with van der Waals surface area (Å²) in [5.74, 6) is 1.01. The third-order valence-corrected chi connectivity index (χ3v) is 3.29. The maximum Gasteiger partial charge on any atom is 0.128 e. The largest absolute Gasteiger partial charge is 0.311 e. The zero-order valence-electron chi connectivity index (χ0n) is 11.4. The van der Waals surface area contributed by atoms with Crippen molar-refractivity contribution in [2.75, 3.05) is 6.54 Å². The Morgan fingerprint density at radius 3 is 2.71 bits per heavy atom. The normalized spacial score (nSPS) is 15.8. The quantitative estimate of drug-likeness (QED) is 0.852. The van der Waals surface area contributed by atoms with Gasteiger partial charge in [0.05, 0.1) is 5.69 Å². The molecule has 0 atom stereocenters. The molecule has 2 rings (SSSR count). The molecule has 0 bridgehead atoms.